The summed E-state index contributed by atoms with van der Waals surface area (Å²) < 4.78 is 5.10. The Morgan fingerprint density at radius 2 is 2.05 bits per heavy atom. The first-order chi connectivity index (χ1) is 9.36. The summed E-state index contributed by atoms with van der Waals surface area (Å²) in [7, 11) is 0. The third-order valence-corrected chi connectivity index (χ3v) is 3.58. The van der Waals surface area contributed by atoms with Crippen LogP contribution in [0.1, 0.15) is 38.6 Å². The summed E-state index contributed by atoms with van der Waals surface area (Å²) in [5, 5.41) is 4.04. The molecule has 1 amide bonds. The number of aromatic nitrogens is 1. The van der Waals surface area contributed by atoms with Crippen LogP contribution in [0.5, 0.6) is 0 Å². The molecule has 1 aromatic rings. The topological polar surface area (TPSA) is 49.6 Å². The van der Waals surface area contributed by atoms with Crippen LogP contribution in [-0.2, 0) is 11.3 Å². The molecule has 1 aliphatic heterocycles. The third kappa shape index (κ3) is 3.82. The van der Waals surface area contributed by atoms with Crippen LogP contribution in [0, 0.1) is 12.3 Å². The van der Waals surface area contributed by atoms with Gasteiger partial charge in [-0.25, -0.2) is 0 Å². The Kier molecular flexibility index (Phi) is 4.48. The van der Waals surface area contributed by atoms with Crippen molar-refractivity contribution in [3.05, 3.63) is 17.5 Å². The van der Waals surface area contributed by atoms with Gasteiger partial charge in [-0.05, 0) is 13.3 Å². The van der Waals surface area contributed by atoms with E-state index in [0.29, 0.717) is 0 Å². The van der Waals surface area contributed by atoms with Crippen LogP contribution in [0.4, 0.5) is 0 Å². The molecule has 2 heterocycles. The largest absolute Gasteiger partial charge is 0.361 e. The van der Waals surface area contributed by atoms with Gasteiger partial charge in [-0.1, -0.05) is 25.9 Å². The highest BCUT2D eigenvalue weighted by Gasteiger charge is 2.28. The molecule has 0 aromatic carbocycles. The van der Waals surface area contributed by atoms with E-state index >= 15 is 0 Å². The van der Waals surface area contributed by atoms with Crippen molar-refractivity contribution in [3.63, 3.8) is 0 Å². The van der Waals surface area contributed by atoms with Gasteiger partial charge in [0, 0.05) is 44.2 Å². The molecule has 0 unspecified atom stereocenters. The molecule has 1 fully saturated rings. The van der Waals surface area contributed by atoms with E-state index in [0.717, 1.165) is 50.6 Å². The summed E-state index contributed by atoms with van der Waals surface area (Å²) in [6.07, 6.45) is 1.01. The molecule has 112 valence electrons. The minimum Gasteiger partial charge on any atom is -0.361 e. The third-order valence-electron chi connectivity index (χ3n) is 3.58. The first kappa shape index (κ1) is 15.0. The average Bonchev–Trinajstić information content (AvgIpc) is 2.62. The maximum atomic E-state index is 12.3. The molecule has 5 nitrogen and oxygen atoms in total. The number of rotatable bonds is 2. The lowest BCUT2D eigenvalue weighted by molar-refractivity contribution is -0.139. The number of aryl methyl sites for hydroxylation is 1. The molecule has 2 rings (SSSR count). The lowest BCUT2D eigenvalue weighted by Gasteiger charge is -2.28. The Morgan fingerprint density at radius 1 is 1.30 bits per heavy atom. The van der Waals surface area contributed by atoms with Crippen molar-refractivity contribution in [2.45, 2.75) is 40.7 Å². The minimum absolute atomic E-state index is 0.247. The molecule has 0 spiro atoms. The van der Waals surface area contributed by atoms with Gasteiger partial charge >= 0.3 is 0 Å². The predicted molar refractivity (Wildman–Crippen MR) is 77.2 cm³/mol. The Labute approximate surface area is 120 Å². The summed E-state index contributed by atoms with van der Waals surface area (Å²) in [6, 6.07) is 1.98. The lowest BCUT2D eigenvalue weighted by Crippen LogP contribution is -2.41. The predicted octanol–water partition coefficient (Wildman–Crippen LogP) is 2.06. The first-order valence-corrected chi connectivity index (χ1v) is 7.30. The second kappa shape index (κ2) is 5.95. The van der Waals surface area contributed by atoms with Crippen molar-refractivity contribution in [2.24, 2.45) is 5.41 Å². The van der Waals surface area contributed by atoms with Gasteiger partial charge < -0.3 is 9.42 Å². The van der Waals surface area contributed by atoms with Crippen LogP contribution in [-0.4, -0.2) is 47.0 Å². The lowest BCUT2D eigenvalue weighted by atomic mass is 9.94. The Balaban J connectivity index is 1.90. The zero-order valence-electron chi connectivity index (χ0n) is 13.0. The molecule has 0 atom stereocenters. The van der Waals surface area contributed by atoms with Crippen LogP contribution < -0.4 is 0 Å². The Bertz CT molecular complexity index is 462. The van der Waals surface area contributed by atoms with E-state index in [1.807, 2.05) is 38.7 Å². The quantitative estimate of drug-likeness (QED) is 0.831. The zero-order valence-corrected chi connectivity index (χ0v) is 13.0. The number of nitrogens with zero attached hydrogens (tertiary/aromatic N) is 3. The monoisotopic (exact) mass is 279 g/mol. The zero-order chi connectivity index (χ0) is 14.8. The van der Waals surface area contributed by atoms with Crippen LogP contribution in [0.2, 0.25) is 0 Å². The molecule has 1 aromatic heterocycles. The Hall–Kier alpha value is -1.36. The van der Waals surface area contributed by atoms with Gasteiger partial charge in [-0.2, -0.15) is 0 Å². The van der Waals surface area contributed by atoms with Gasteiger partial charge in [0.1, 0.15) is 5.76 Å². The van der Waals surface area contributed by atoms with Gasteiger partial charge in [-0.15, -0.1) is 0 Å². The fraction of sp³-hybridized carbons (Fsp3) is 0.733. The highest BCUT2D eigenvalue weighted by atomic mass is 16.5. The van der Waals surface area contributed by atoms with E-state index in [1.165, 1.54) is 0 Å². The van der Waals surface area contributed by atoms with Gasteiger partial charge in [0.2, 0.25) is 5.91 Å². The molecule has 0 radical (unpaired) electrons. The van der Waals surface area contributed by atoms with E-state index in [2.05, 4.69) is 10.1 Å². The van der Waals surface area contributed by atoms with E-state index in [4.69, 9.17) is 4.52 Å². The van der Waals surface area contributed by atoms with Crippen LogP contribution in [0.25, 0.3) is 0 Å². The van der Waals surface area contributed by atoms with Crippen molar-refractivity contribution in [3.8, 4) is 0 Å². The van der Waals surface area contributed by atoms with Crippen LogP contribution >= 0.6 is 0 Å². The van der Waals surface area contributed by atoms with E-state index in [1.54, 1.807) is 0 Å². The molecular weight excluding hydrogens is 254 g/mol. The van der Waals surface area contributed by atoms with E-state index in [9.17, 15) is 4.79 Å². The summed E-state index contributed by atoms with van der Waals surface area (Å²) in [4.78, 5) is 16.7. The summed E-state index contributed by atoms with van der Waals surface area (Å²) in [5.41, 5.74) is 0.677. The summed E-state index contributed by atoms with van der Waals surface area (Å²) in [6.45, 7) is 12.2. The van der Waals surface area contributed by atoms with Crippen molar-refractivity contribution in [2.75, 3.05) is 26.2 Å². The molecule has 20 heavy (non-hydrogen) atoms. The standard InChI is InChI=1S/C15H25N3O2/c1-12-10-13(16-20-12)11-17-6-5-7-18(9-8-17)14(19)15(2,3)4/h10H,5-9,11H2,1-4H3. The van der Waals surface area contributed by atoms with Gasteiger partial charge in [-0.3, -0.25) is 9.69 Å². The molecule has 1 saturated heterocycles. The van der Waals surface area contributed by atoms with Crippen LogP contribution in [0.3, 0.4) is 0 Å². The molecule has 0 bridgehead atoms. The number of carbonyl (C=O) groups is 1. The summed E-state index contributed by atoms with van der Waals surface area (Å²) in [5.74, 6) is 1.09. The molecular formula is C15H25N3O2. The highest BCUT2D eigenvalue weighted by molar-refractivity contribution is 5.81. The molecule has 0 saturated carbocycles. The van der Waals surface area contributed by atoms with Gasteiger partial charge in [0.05, 0.1) is 5.69 Å². The minimum atomic E-state index is -0.293. The number of amides is 1. The van der Waals surface area contributed by atoms with Gasteiger partial charge in [0.15, 0.2) is 0 Å². The van der Waals surface area contributed by atoms with Crippen molar-refractivity contribution >= 4 is 5.91 Å². The maximum absolute atomic E-state index is 12.3. The highest BCUT2D eigenvalue weighted by Crippen LogP contribution is 2.19. The van der Waals surface area contributed by atoms with Gasteiger partial charge in [0.25, 0.3) is 0 Å². The SMILES string of the molecule is Cc1cc(CN2CCCN(C(=O)C(C)(C)C)CC2)no1. The molecule has 0 aliphatic carbocycles. The molecule has 5 heteroatoms. The number of carbonyl (C=O) groups excluding carboxylic acids is 1. The summed E-state index contributed by atoms with van der Waals surface area (Å²) >= 11 is 0. The fourth-order valence-electron chi connectivity index (χ4n) is 2.53. The smallest absolute Gasteiger partial charge is 0.227 e. The van der Waals surface area contributed by atoms with E-state index < -0.39 is 0 Å². The Morgan fingerprint density at radius 3 is 2.65 bits per heavy atom. The molecule has 1 aliphatic rings. The van der Waals surface area contributed by atoms with Crippen LogP contribution in [0.15, 0.2) is 10.6 Å². The van der Waals surface area contributed by atoms with Crippen molar-refractivity contribution in [1.29, 1.82) is 0 Å². The number of hydrogen-bond acceptors (Lipinski definition) is 4. The van der Waals surface area contributed by atoms with Crippen molar-refractivity contribution < 1.29 is 9.32 Å². The fourth-order valence-corrected chi connectivity index (χ4v) is 2.53. The maximum Gasteiger partial charge on any atom is 0.227 e. The number of hydrogen-bond donors (Lipinski definition) is 0. The average molecular weight is 279 g/mol. The second-order valence-electron chi connectivity index (χ2n) is 6.60. The second-order valence-corrected chi connectivity index (χ2v) is 6.60. The van der Waals surface area contributed by atoms with E-state index in [-0.39, 0.29) is 11.3 Å². The van der Waals surface area contributed by atoms with Crippen molar-refractivity contribution in [1.82, 2.24) is 15.0 Å². The molecule has 0 N–H and O–H groups in total. The first-order valence-electron chi connectivity index (χ1n) is 7.30. The normalized spacial score (nSPS) is 18.1.